The van der Waals surface area contributed by atoms with Crippen molar-refractivity contribution >= 4 is 41.3 Å². The lowest BCUT2D eigenvalue weighted by Crippen LogP contribution is -2.57. The molecule has 0 N–H and O–H groups in total. The number of benzene rings is 2. The van der Waals surface area contributed by atoms with Crippen LogP contribution in [0, 0.1) is 0 Å². The molecule has 200 valence electrons. The minimum absolute atomic E-state index is 0.541. The maximum Gasteiger partial charge on any atom is 0.303 e. The molecular formula is C27H31ClO8S. The first-order chi connectivity index (χ1) is 17.6. The Morgan fingerprint density at radius 1 is 0.892 bits per heavy atom. The van der Waals surface area contributed by atoms with Gasteiger partial charge in [0, 0.05) is 25.8 Å². The van der Waals surface area contributed by atoms with Crippen LogP contribution in [0.2, 0.25) is 5.02 Å². The monoisotopic (exact) mass is 550 g/mol. The highest BCUT2D eigenvalue weighted by molar-refractivity contribution is 7.99. The van der Waals surface area contributed by atoms with Crippen molar-refractivity contribution in [1.29, 1.82) is 0 Å². The molecule has 2 aromatic rings. The number of carbonyl (C=O) groups excluding carboxylic acids is 3. The molecule has 0 amide bonds. The predicted molar refractivity (Wildman–Crippen MR) is 140 cm³/mol. The van der Waals surface area contributed by atoms with Crippen molar-refractivity contribution in [3.63, 3.8) is 0 Å². The van der Waals surface area contributed by atoms with Crippen LogP contribution >= 0.6 is 23.4 Å². The summed E-state index contributed by atoms with van der Waals surface area (Å²) in [5.74, 6) is -0.988. The maximum atomic E-state index is 12.1. The predicted octanol–water partition coefficient (Wildman–Crippen LogP) is 4.89. The Labute approximate surface area is 225 Å². The summed E-state index contributed by atoms with van der Waals surface area (Å²) in [5, 5.41) is 0.563. The van der Waals surface area contributed by atoms with Crippen LogP contribution in [-0.2, 0) is 39.8 Å². The van der Waals surface area contributed by atoms with Crippen molar-refractivity contribution in [1.82, 2.24) is 0 Å². The highest BCUT2D eigenvalue weighted by Gasteiger charge is 2.52. The molecular weight excluding hydrogens is 520 g/mol. The third-order valence-electron chi connectivity index (χ3n) is 5.66. The second-order valence-corrected chi connectivity index (χ2v) is 9.83. The SMILES string of the molecule is CCOc1ccc(Cc2cc(C3OC(SC)C(OC(C)=O)C(OC(C)=O)C3OC(C)=O)ccc2Cl)cc1. The van der Waals surface area contributed by atoms with Gasteiger partial charge in [-0.15, -0.1) is 11.8 Å². The number of esters is 3. The van der Waals surface area contributed by atoms with Crippen molar-refractivity contribution in [2.75, 3.05) is 12.9 Å². The molecule has 5 atom stereocenters. The molecule has 0 aromatic heterocycles. The standard InChI is InChI=1S/C27H31ClO8S/c1-6-32-21-10-7-18(8-11-21)13-20-14-19(9-12-22(20)28)23-24(33-15(2)29)25(34-16(3)30)26(35-17(4)31)27(36-23)37-5/h7-12,14,23-27H,6,13H2,1-5H3. The second-order valence-electron chi connectivity index (χ2n) is 8.49. The van der Waals surface area contributed by atoms with E-state index in [2.05, 4.69) is 0 Å². The molecule has 0 bridgehead atoms. The number of carbonyl (C=O) groups is 3. The van der Waals surface area contributed by atoms with Crippen molar-refractivity contribution < 1.29 is 38.1 Å². The van der Waals surface area contributed by atoms with Crippen molar-refractivity contribution in [3.8, 4) is 5.75 Å². The molecule has 0 aliphatic carbocycles. The van der Waals surface area contributed by atoms with E-state index in [-0.39, 0.29) is 0 Å². The molecule has 1 aliphatic heterocycles. The third kappa shape index (κ3) is 7.63. The van der Waals surface area contributed by atoms with Crippen molar-refractivity contribution in [2.45, 2.75) is 64.0 Å². The first-order valence-corrected chi connectivity index (χ1v) is 13.5. The van der Waals surface area contributed by atoms with Gasteiger partial charge in [0.25, 0.3) is 0 Å². The Morgan fingerprint density at radius 3 is 2.05 bits per heavy atom. The fraction of sp³-hybridized carbons (Fsp3) is 0.444. The van der Waals surface area contributed by atoms with E-state index >= 15 is 0 Å². The topological polar surface area (TPSA) is 97.4 Å². The van der Waals surface area contributed by atoms with Gasteiger partial charge in [-0.3, -0.25) is 14.4 Å². The molecule has 37 heavy (non-hydrogen) atoms. The molecule has 5 unspecified atom stereocenters. The summed E-state index contributed by atoms with van der Waals surface area (Å²) in [6.45, 7) is 6.26. The van der Waals surface area contributed by atoms with E-state index in [0.717, 1.165) is 16.9 Å². The van der Waals surface area contributed by atoms with E-state index < -0.39 is 47.8 Å². The summed E-state index contributed by atoms with van der Waals surface area (Å²) >= 11 is 7.83. The highest BCUT2D eigenvalue weighted by atomic mass is 35.5. The normalized spacial score (nSPS) is 23.1. The molecule has 10 heteroatoms. The Morgan fingerprint density at radius 2 is 1.49 bits per heavy atom. The highest BCUT2D eigenvalue weighted by Crippen LogP contribution is 2.41. The van der Waals surface area contributed by atoms with Gasteiger partial charge in [0.1, 0.15) is 17.3 Å². The van der Waals surface area contributed by atoms with Crippen LogP contribution in [0.15, 0.2) is 42.5 Å². The largest absolute Gasteiger partial charge is 0.494 e. The Kier molecular flexibility index (Phi) is 10.3. The zero-order valence-corrected chi connectivity index (χ0v) is 23.0. The van der Waals surface area contributed by atoms with Crippen LogP contribution in [0.5, 0.6) is 5.75 Å². The lowest BCUT2D eigenvalue weighted by Gasteiger charge is -2.44. The summed E-state index contributed by atoms with van der Waals surface area (Å²) in [5.41, 5.74) is 1.85. The Bertz CT molecular complexity index is 1110. The van der Waals surface area contributed by atoms with Crippen LogP contribution in [0.1, 0.15) is 50.5 Å². The van der Waals surface area contributed by atoms with E-state index in [1.807, 2.05) is 37.3 Å². The second kappa shape index (κ2) is 13.2. The zero-order chi connectivity index (χ0) is 27.1. The van der Waals surface area contributed by atoms with Crippen LogP contribution < -0.4 is 4.74 Å². The molecule has 0 spiro atoms. The van der Waals surface area contributed by atoms with Gasteiger partial charge in [-0.1, -0.05) is 35.9 Å². The van der Waals surface area contributed by atoms with E-state index in [9.17, 15) is 14.4 Å². The van der Waals surface area contributed by atoms with Gasteiger partial charge >= 0.3 is 17.9 Å². The summed E-state index contributed by atoms with van der Waals surface area (Å²) < 4.78 is 28.5. The summed E-state index contributed by atoms with van der Waals surface area (Å²) in [7, 11) is 0. The molecule has 1 heterocycles. The van der Waals surface area contributed by atoms with Crippen molar-refractivity contribution in [2.24, 2.45) is 0 Å². The first kappa shape index (κ1) is 28.8. The smallest absolute Gasteiger partial charge is 0.303 e. The number of thioether (sulfide) groups is 1. The Hall–Kier alpha value is -2.75. The quantitative estimate of drug-likeness (QED) is 0.319. The fourth-order valence-corrected chi connectivity index (χ4v) is 5.12. The van der Waals surface area contributed by atoms with Crippen LogP contribution in [-0.4, -0.2) is 54.5 Å². The van der Waals surface area contributed by atoms with Gasteiger partial charge < -0.3 is 23.7 Å². The van der Waals surface area contributed by atoms with Crippen LogP contribution in [0.4, 0.5) is 0 Å². The lowest BCUT2D eigenvalue weighted by molar-refractivity contribution is -0.233. The molecule has 0 saturated carbocycles. The molecule has 8 nitrogen and oxygen atoms in total. The van der Waals surface area contributed by atoms with E-state index in [1.165, 1.54) is 32.5 Å². The molecule has 2 aromatic carbocycles. The van der Waals surface area contributed by atoms with Gasteiger partial charge in [-0.2, -0.15) is 0 Å². The minimum Gasteiger partial charge on any atom is -0.494 e. The molecule has 1 aliphatic rings. The lowest BCUT2D eigenvalue weighted by atomic mass is 9.92. The van der Waals surface area contributed by atoms with Gasteiger partial charge in [0.05, 0.1) is 6.61 Å². The average Bonchev–Trinajstić information content (AvgIpc) is 2.83. The van der Waals surface area contributed by atoms with Gasteiger partial charge in [0.15, 0.2) is 18.3 Å². The number of halogens is 1. The van der Waals surface area contributed by atoms with Crippen LogP contribution in [0.25, 0.3) is 0 Å². The van der Waals surface area contributed by atoms with Crippen LogP contribution in [0.3, 0.4) is 0 Å². The van der Waals surface area contributed by atoms with E-state index in [0.29, 0.717) is 23.6 Å². The number of rotatable bonds is 9. The first-order valence-electron chi connectivity index (χ1n) is 11.8. The Balaban J connectivity index is 1.99. The third-order valence-corrected chi connectivity index (χ3v) is 6.87. The van der Waals surface area contributed by atoms with Crippen molar-refractivity contribution in [3.05, 3.63) is 64.2 Å². The molecule has 1 fully saturated rings. The number of hydrogen-bond acceptors (Lipinski definition) is 9. The maximum absolute atomic E-state index is 12.1. The zero-order valence-electron chi connectivity index (χ0n) is 21.4. The minimum atomic E-state index is -1.08. The average molecular weight is 551 g/mol. The summed E-state index contributed by atoms with van der Waals surface area (Å²) in [4.78, 5) is 35.9. The summed E-state index contributed by atoms with van der Waals surface area (Å²) in [6.07, 6.45) is -1.60. The molecule has 1 saturated heterocycles. The molecule has 3 rings (SSSR count). The number of hydrogen-bond donors (Lipinski definition) is 0. The number of ether oxygens (including phenoxy) is 5. The van der Waals surface area contributed by atoms with E-state index in [4.69, 9.17) is 35.3 Å². The van der Waals surface area contributed by atoms with E-state index in [1.54, 1.807) is 18.4 Å². The fourth-order valence-electron chi connectivity index (χ4n) is 4.23. The summed E-state index contributed by atoms with van der Waals surface area (Å²) in [6, 6.07) is 13.2. The van der Waals surface area contributed by atoms with Gasteiger partial charge in [-0.05, 0) is 54.5 Å². The van der Waals surface area contributed by atoms with Gasteiger partial charge in [-0.25, -0.2) is 0 Å². The molecule has 0 radical (unpaired) electrons. The van der Waals surface area contributed by atoms with Gasteiger partial charge in [0.2, 0.25) is 0 Å².